The third-order valence-corrected chi connectivity index (χ3v) is 4.12. The van der Waals surface area contributed by atoms with Crippen LogP contribution < -0.4 is 4.74 Å². The van der Waals surface area contributed by atoms with Gasteiger partial charge < -0.3 is 4.74 Å². The molecular weight excluding hydrogens is 287 g/mol. The number of halogens is 2. The molecule has 18 heavy (non-hydrogen) atoms. The highest BCUT2D eigenvalue weighted by molar-refractivity contribution is 7.99. The van der Waals surface area contributed by atoms with Crippen LogP contribution in [-0.4, -0.2) is 7.11 Å². The Hall–Kier alpha value is -0.830. The fourth-order valence-electron chi connectivity index (χ4n) is 1.52. The first-order valence-corrected chi connectivity index (χ1v) is 7.12. The van der Waals surface area contributed by atoms with Gasteiger partial charge >= 0.3 is 0 Å². The second kappa shape index (κ2) is 6.37. The van der Waals surface area contributed by atoms with Crippen LogP contribution in [0.1, 0.15) is 5.56 Å². The molecule has 0 aromatic heterocycles. The Morgan fingerprint density at radius 1 is 1.11 bits per heavy atom. The van der Waals surface area contributed by atoms with Crippen LogP contribution in [0.3, 0.4) is 0 Å². The number of rotatable bonds is 4. The molecule has 0 fully saturated rings. The smallest absolute Gasteiger partial charge is 0.119 e. The predicted molar refractivity (Wildman–Crippen MR) is 78.1 cm³/mol. The summed E-state index contributed by atoms with van der Waals surface area (Å²) in [6.45, 7) is 0. The molecule has 0 N–H and O–H groups in total. The van der Waals surface area contributed by atoms with Gasteiger partial charge in [-0.25, -0.2) is 0 Å². The predicted octanol–water partition coefficient (Wildman–Crippen LogP) is 5.24. The van der Waals surface area contributed by atoms with Crippen molar-refractivity contribution in [2.24, 2.45) is 0 Å². The van der Waals surface area contributed by atoms with E-state index in [4.69, 9.17) is 27.9 Å². The molecule has 0 unspecified atom stereocenters. The molecule has 2 aromatic carbocycles. The Kier molecular flexibility index (Phi) is 4.81. The van der Waals surface area contributed by atoms with Crippen LogP contribution in [0.15, 0.2) is 52.3 Å². The quantitative estimate of drug-likeness (QED) is 0.714. The Balaban J connectivity index is 2.25. The summed E-state index contributed by atoms with van der Waals surface area (Å²) in [6.07, 6.45) is 0. The Morgan fingerprint density at radius 3 is 2.44 bits per heavy atom. The molecule has 2 aromatic rings. The van der Waals surface area contributed by atoms with E-state index in [1.807, 2.05) is 42.5 Å². The van der Waals surface area contributed by atoms with E-state index in [9.17, 15) is 0 Å². The molecule has 0 aliphatic heterocycles. The van der Waals surface area contributed by atoms with E-state index in [0.29, 0.717) is 5.88 Å². The van der Waals surface area contributed by atoms with Crippen molar-refractivity contribution in [1.82, 2.24) is 0 Å². The second-order valence-corrected chi connectivity index (χ2v) is 5.48. The van der Waals surface area contributed by atoms with Gasteiger partial charge in [0, 0.05) is 20.7 Å². The Morgan fingerprint density at radius 2 is 1.83 bits per heavy atom. The normalized spacial score (nSPS) is 10.4. The van der Waals surface area contributed by atoms with Crippen LogP contribution in [-0.2, 0) is 5.88 Å². The van der Waals surface area contributed by atoms with Gasteiger partial charge in [-0.05, 0) is 48.0 Å². The van der Waals surface area contributed by atoms with Crippen molar-refractivity contribution in [1.29, 1.82) is 0 Å². The van der Waals surface area contributed by atoms with Crippen molar-refractivity contribution in [3.8, 4) is 5.75 Å². The lowest BCUT2D eigenvalue weighted by Gasteiger charge is -2.09. The number of hydrogen-bond donors (Lipinski definition) is 0. The summed E-state index contributed by atoms with van der Waals surface area (Å²) >= 11 is 13.5. The molecule has 0 aliphatic rings. The SMILES string of the molecule is COc1ccc(Sc2ccc(Cl)cc2)c(CCl)c1. The highest BCUT2D eigenvalue weighted by Gasteiger charge is 2.05. The molecule has 0 aliphatic carbocycles. The number of methoxy groups -OCH3 is 1. The maximum atomic E-state index is 5.96. The van der Waals surface area contributed by atoms with Crippen molar-refractivity contribution < 1.29 is 4.74 Å². The van der Waals surface area contributed by atoms with Crippen LogP contribution in [0.2, 0.25) is 5.02 Å². The zero-order valence-corrected chi connectivity index (χ0v) is 12.1. The minimum atomic E-state index is 0.465. The molecule has 2 rings (SSSR count). The molecule has 0 saturated carbocycles. The molecular formula is C14H12Cl2OS. The standard InChI is InChI=1S/C14H12Cl2OS/c1-17-12-4-7-14(10(8-12)9-15)18-13-5-2-11(16)3-6-13/h2-8H,9H2,1H3. The van der Waals surface area contributed by atoms with E-state index < -0.39 is 0 Å². The molecule has 0 saturated heterocycles. The van der Waals surface area contributed by atoms with E-state index in [1.54, 1.807) is 18.9 Å². The lowest BCUT2D eigenvalue weighted by molar-refractivity contribution is 0.414. The summed E-state index contributed by atoms with van der Waals surface area (Å²) < 4.78 is 5.19. The Labute approximate surface area is 121 Å². The molecule has 0 bridgehead atoms. The van der Waals surface area contributed by atoms with Gasteiger partial charge in [0.1, 0.15) is 5.75 Å². The summed E-state index contributed by atoms with van der Waals surface area (Å²) in [5.41, 5.74) is 1.07. The van der Waals surface area contributed by atoms with Crippen LogP contribution in [0.5, 0.6) is 5.75 Å². The van der Waals surface area contributed by atoms with Gasteiger partial charge in [0.25, 0.3) is 0 Å². The van der Waals surface area contributed by atoms with Crippen molar-refractivity contribution in [2.45, 2.75) is 15.7 Å². The number of ether oxygens (including phenoxy) is 1. The highest BCUT2D eigenvalue weighted by atomic mass is 35.5. The van der Waals surface area contributed by atoms with Gasteiger partial charge in [-0.1, -0.05) is 23.4 Å². The molecule has 0 amide bonds. The van der Waals surface area contributed by atoms with Crippen LogP contribution in [0, 0.1) is 0 Å². The lowest BCUT2D eigenvalue weighted by atomic mass is 10.2. The lowest BCUT2D eigenvalue weighted by Crippen LogP contribution is -1.88. The molecule has 4 heteroatoms. The van der Waals surface area contributed by atoms with Crippen LogP contribution in [0.25, 0.3) is 0 Å². The first kappa shape index (κ1) is 13.6. The van der Waals surface area contributed by atoms with E-state index >= 15 is 0 Å². The van der Waals surface area contributed by atoms with Crippen molar-refractivity contribution in [3.05, 3.63) is 53.1 Å². The average Bonchev–Trinajstić information content (AvgIpc) is 2.41. The van der Waals surface area contributed by atoms with Gasteiger partial charge in [0.15, 0.2) is 0 Å². The second-order valence-electron chi connectivity index (χ2n) is 3.66. The fourth-order valence-corrected chi connectivity index (χ4v) is 2.87. The number of alkyl halides is 1. The highest BCUT2D eigenvalue weighted by Crippen LogP contribution is 2.33. The summed E-state index contributed by atoms with van der Waals surface area (Å²) in [4.78, 5) is 2.27. The van der Waals surface area contributed by atoms with Crippen molar-refractivity contribution in [2.75, 3.05) is 7.11 Å². The third-order valence-electron chi connectivity index (χ3n) is 2.45. The maximum Gasteiger partial charge on any atom is 0.119 e. The van der Waals surface area contributed by atoms with Gasteiger partial charge in [-0.3, -0.25) is 0 Å². The molecule has 0 radical (unpaired) electrons. The summed E-state index contributed by atoms with van der Waals surface area (Å²) in [5.74, 6) is 1.29. The van der Waals surface area contributed by atoms with E-state index in [1.165, 1.54) is 0 Å². The van der Waals surface area contributed by atoms with Gasteiger partial charge in [-0.15, -0.1) is 11.6 Å². The van der Waals surface area contributed by atoms with Crippen LogP contribution >= 0.6 is 35.0 Å². The molecule has 94 valence electrons. The number of hydrogen-bond acceptors (Lipinski definition) is 2. The topological polar surface area (TPSA) is 9.23 Å². The zero-order chi connectivity index (χ0) is 13.0. The van der Waals surface area contributed by atoms with Crippen molar-refractivity contribution >= 4 is 35.0 Å². The summed E-state index contributed by atoms with van der Waals surface area (Å²) in [5, 5.41) is 0.742. The summed E-state index contributed by atoms with van der Waals surface area (Å²) in [6, 6.07) is 13.7. The fraction of sp³-hybridized carbons (Fsp3) is 0.143. The van der Waals surface area contributed by atoms with Crippen molar-refractivity contribution in [3.63, 3.8) is 0 Å². The first-order chi connectivity index (χ1) is 8.72. The Bertz CT molecular complexity index is 526. The zero-order valence-electron chi connectivity index (χ0n) is 9.82. The minimum Gasteiger partial charge on any atom is -0.497 e. The summed E-state index contributed by atoms with van der Waals surface area (Å²) in [7, 11) is 1.65. The number of benzene rings is 2. The van der Waals surface area contributed by atoms with E-state index in [0.717, 1.165) is 26.1 Å². The van der Waals surface area contributed by atoms with Gasteiger partial charge in [0.05, 0.1) is 7.11 Å². The first-order valence-electron chi connectivity index (χ1n) is 5.39. The minimum absolute atomic E-state index is 0.465. The largest absolute Gasteiger partial charge is 0.497 e. The molecule has 0 spiro atoms. The maximum absolute atomic E-state index is 5.96. The average molecular weight is 299 g/mol. The monoisotopic (exact) mass is 298 g/mol. The van der Waals surface area contributed by atoms with Gasteiger partial charge in [0.2, 0.25) is 0 Å². The van der Waals surface area contributed by atoms with E-state index in [-0.39, 0.29) is 0 Å². The van der Waals surface area contributed by atoms with E-state index in [2.05, 4.69) is 0 Å². The molecule has 0 atom stereocenters. The molecule has 1 nitrogen and oxygen atoms in total. The van der Waals surface area contributed by atoms with Gasteiger partial charge in [-0.2, -0.15) is 0 Å². The third kappa shape index (κ3) is 3.35. The van der Waals surface area contributed by atoms with Crippen LogP contribution in [0.4, 0.5) is 0 Å². The molecule has 0 heterocycles.